The largest absolute Gasteiger partial charge is 0.494 e. The fourth-order valence-corrected chi connectivity index (χ4v) is 5.28. The van der Waals surface area contributed by atoms with Crippen molar-refractivity contribution in [1.29, 1.82) is 0 Å². The van der Waals surface area contributed by atoms with Gasteiger partial charge in [-0.05, 0) is 59.7 Å². The molecular formula is C38H54O2. The zero-order valence-electron chi connectivity index (χ0n) is 25.6. The molecule has 0 amide bonds. The molecule has 0 bridgehead atoms. The van der Waals surface area contributed by atoms with Crippen LogP contribution in [0.3, 0.4) is 0 Å². The topological polar surface area (TPSA) is 18.5 Å². The Kier molecular flexibility index (Phi) is 15.6. The van der Waals surface area contributed by atoms with Crippen LogP contribution in [-0.2, 0) is 4.74 Å². The third-order valence-electron chi connectivity index (χ3n) is 7.92. The second kappa shape index (κ2) is 19.5. The molecule has 0 aliphatic heterocycles. The van der Waals surface area contributed by atoms with E-state index in [1.807, 2.05) is 0 Å². The summed E-state index contributed by atoms with van der Waals surface area (Å²) >= 11 is 0. The second-order valence-corrected chi connectivity index (χ2v) is 11.3. The summed E-state index contributed by atoms with van der Waals surface area (Å²) < 4.78 is 12.0. The van der Waals surface area contributed by atoms with Gasteiger partial charge < -0.3 is 9.47 Å². The van der Waals surface area contributed by atoms with Crippen molar-refractivity contribution in [2.75, 3.05) is 13.2 Å². The standard InChI is InChI=1S/C38H54O2/c1-4-6-8-9-10-11-12-13-14-15-16-19-31-39-32(3)33-22-24-34(25-23-33)37-20-17-18-21-38(37)35-26-28-36(29-27-35)40-30-7-5-2/h17-18,20-29,32H,4-16,19,30-31H2,1-3H3. The second-order valence-electron chi connectivity index (χ2n) is 11.3. The molecule has 3 aromatic carbocycles. The van der Waals surface area contributed by atoms with Crippen LogP contribution in [0.15, 0.2) is 72.8 Å². The van der Waals surface area contributed by atoms with Crippen molar-refractivity contribution in [2.24, 2.45) is 0 Å². The maximum Gasteiger partial charge on any atom is 0.119 e. The predicted molar refractivity (Wildman–Crippen MR) is 173 cm³/mol. The van der Waals surface area contributed by atoms with Gasteiger partial charge in [-0.25, -0.2) is 0 Å². The molecule has 0 fully saturated rings. The summed E-state index contributed by atoms with van der Waals surface area (Å²) in [4.78, 5) is 0. The minimum Gasteiger partial charge on any atom is -0.494 e. The molecular weight excluding hydrogens is 488 g/mol. The first-order valence-electron chi connectivity index (χ1n) is 16.3. The fourth-order valence-electron chi connectivity index (χ4n) is 5.28. The van der Waals surface area contributed by atoms with Crippen molar-refractivity contribution in [3.8, 4) is 28.0 Å². The summed E-state index contributed by atoms with van der Waals surface area (Å²) in [6.45, 7) is 8.27. The summed E-state index contributed by atoms with van der Waals surface area (Å²) in [6, 6.07) is 26.1. The minimum absolute atomic E-state index is 0.122. The van der Waals surface area contributed by atoms with Gasteiger partial charge in [-0.1, -0.05) is 152 Å². The lowest BCUT2D eigenvalue weighted by Crippen LogP contribution is -2.02. The molecule has 0 radical (unpaired) electrons. The van der Waals surface area contributed by atoms with Crippen LogP contribution < -0.4 is 4.74 Å². The Balaban J connectivity index is 1.39. The van der Waals surface area contributed by atoms with Gasteiger partial charge in [-0.3, -0.25) is 0 Å². The quantitative estimate of drug-likeness (QED) is 0.125. The van der Waals surface area contributed by atoms with E-state index in [4.69, 9.17) is 9.47 Å². The molecule has 0 aliphatic carbocycles. The molecule has 0 heterocycles. The van der Waals surface area contributed by atoms with Crippen LogP contribution in [0.25, 0.3) is 22.3 Å². The molecule has 3 rings (SSSR count). The highest BCUT2D eigenvalue weighted by Gasteiger charge is 2.10. The number of unbranched alkanes of at least 4 members (excludes halogenated alkanes) is 12. The number of hydrogen-bond donors (Lipinski definition) is 0. The SMILES string of the molecule is CCCCCCCCCCCCCCOC(C)c1ccc(-c2ccccc2-c2ccc(OCCCC)cc2)cc1. The number of hydrogen-bond acceptors (Lipinski definition) is 2. The van der Waals surface area contributed by atoms with E-state index in [0.717, 1.165) is 38.2 Å². The van der Waals surface area contributed by atoms with Gasteiger partial charge in [0, 0.05) is 6.61 Å². The van der Waals surface area contributed by atoms with Crippen LogP contribution in [0.5, 0.6) is 5.75 Å². The molecule has 218 valence electrons. The lowest BCUT2D eigenvalue weighted by Gasteiger charge is -2.15. The first kappa shape index (κ1) is 31.9. The maximum atomic E-state index is 6.19. The highest BCUT2D eigenvalue weighted by Crippen LogP contribution is 2.33. The molecule has 0 spiro atoms. The van der Waals surface area contributed by atoms with Gasteiger partial charge in [0.15, 0.2) is 0 Å². The molecule has 2 heteroatoms. The van der Waals surface area contributed by atoms with Gasteiger partial charge in [0.05, 0.1) is 12.7 Å². The van der Waals surface area contributed by atoms with Gasteiger partial charge in [0.25, 0.3) is 0 Å². The molecule has 0 aromatic heterocycles. The summed E-state index contributed by atoms with van der Waals surface area (Å²) in [7, 11) is 0. The molecule has 1 unspecified atom stereocenters. The number of ether oxygens (including phenoxy) is 2. The monoisotopic (exact) mass is 542 g/mol. The zero-order valence-corrected chi connectivity index (χ0v) is 25.6. The first-order chi connectivity index (χ1) is 19.7. The highest BCUT2D eigenvalue weighted by molar-refractivity contribution is 5.83. The Morgan fingerprint density at radius 2 is 0.975 bits per heavy atom. The Hall–Kier alpha value is -2.58. The molecule has 0 N–H and O–H groups in total. The maximum absolute atomic E-state index is 6.19. The van der Waals surface area contributed by atoms with Gasteiger partial charge in [-0.15, -0.1) is 0 Å². The molecule has 40 heavy (non-hydrogen) atoms. The van der Waals surface area contributed by atoms with Crippen LogP contribution in [0.1, 0.15) is 122 Å². The summed E-state index contributed by atoms with van der Waals surface area (Å²) in [5.74, 6) is 0.941. The zero-order chi connectivity index (χ0) is 28.3. The third-order valence-corrected chi connectivity index (χ3v) is 7.92. The molecule has 2 nitrogen and oxygen atoms in total. The molecule has 3 aromatic rings. The van der Waals surface area contributed by atoms with Crippen LogP contribution in [-0.4, -0.2) is 13.2 Å². The average Bonchev–Trinajstić information content (AvgIpc) is 3.00. The van der Waals surface area contributed by atoms with Crippen molar-refractivity contribution < 1.29 is 9.47 Å². The Bertz CT molecular complexity index is 1040. The normalized spacial score (nSPS) is 12.0. The molecule has 0 saturated carbocycles. The Labute approximate surface area is 245 Å². The predicted octanol–water partition coefficient (Wildman–Crippen LogP) is 12.0. The van der Waals surface area contributed by atoms with E-state index in [9.17, 15) is 0 Å². The van der Waals surface area contributed by atoms with E-state index in [1.54, 1.807) is 0 Å². The van der Waals surface area contributed by atoms with E-state index < -0.39 is 0 Å². The lowest BCUT2D eigenvalue weighted by atomic mass is 9.94. The Morgan fingerprint density at radius 1 is 0.500 bits per heavy atom. The van der Waals surface area contributed by atoms with E-state index in [0.29, 0.717) is 0 Å². The smallest absolute Gasteiger partial charge is 0.119 e. The van der Waals surface area contributed by atoms with Gasteiger partial charge in [0.1, 0.15) is 5.75 Å². The number of benzene rings is 3. The van der Waals surface area contributed by atoms with Crippen molar-refractivity contribution >= 4 is 0 Å². The minimum atomic E-state index is 0.122. The van der Waals surface area contributed by atoms with Crippen LogP contribution in [0, 0.1) is 0 Å². The van der Waals surface area contributed by atoms with Gasteiger partial charge in [0.2, 0.25) is 0 Å². The third kappa shape index (κ3) is 11.5. The lowest BCUT2D eigenvalue weighted by molar-refractivity contribution is 0.0627. The first-order valence-corrected chi connectivity index (χ1v) is 16.3. The van der Waals surface area contributed by atoms with Crippen LogP contribution >= 0.6 is 0 Å². The van der Waals surface area contributed by atoms with Crippen molar-refractivity contribution in [1.82, 2.24) is 0 Å². The van der Waals surface area contributed by atoms with Crippen molar-refractivity contribution in [3.05, 3.63) is 78.4 Å². The van der Waals surface area contributed by atoms with E-state index in [-0.39, 0.29) is 6.10 Å². The fraction of sp³-hybridized carbons (Fsp3) is 0.526. The molecule has 1 atom stereocenters. The van der Waals surface area contributed by atoms with Gasteiger partial charge in [-0.2, -0.15) is 0 Å². The van der Waals surface area contributed by atoms with Crippen molar-refractivity contribution in [2.45, 2.75) is 117 Å². The summed E-state index contributed by atoms with van der Waals surface area (Å²) in [6.07, 6.45) is 18.8. The molecule has 0 saturated heterocycles. The Morgan fingerprint density at radius 3 is 1.50 bits per heavy atom. The van der Waals surface area contributed by atoms with E-state index >= 15 is 0 Å². The number of rotatable bonds is 21. The summed E-state index contributed by atoms with van der Waals surface area (Å²) in [5, 5.41) is 0. The van der Waals surface area contributed by atoms with Gasteiger partial charge >= 0.3 is 0 Å². The van der Waals surface area contributed by atoms with E-state index in [1.165, 1.54) is 98.4 Å². The highest BCUT2D eigenvalue weighted by atomic mass is 16.5. The van der Waals surface area contributed by atoms with Crippen LogP contribution in [0.4, 0.5) is 0 Å². The van der Waals surface area contributed by atoms with Crippen molar-refractivity contribution in [3.63, 3.8) is 0 Å². The van der Waals surface area contributed by atoms with E-state index in [2.05, 4.69) is 93.6 Å². The average molecular weight is 543 g/mol. The van der Waals surface area contributed by atoms with Crippen LogP contribution in [0.2, 0.25) is 0 Å². The molecule has 0 aliphatic rings. The summed E-state index contributed by atoms with van der Waals surface area (Å²) in [5.41, 5.74) is 6.18.